The van der Waals surface area contributed by atoms with E-state index in [1.165, 1.54) is 0 Å². The summed E-state index contributed by atoms with van der Waals surface area (Å²) in [6.07, 6.45) is 0. The van der Waals surface area contributed by atoms with Crippen molar-refractivity contribution < 1.29 is 19.0 Å². The minimum absolute atomic E-state index is 0.0155. The van der Waals surface area contributed by atoms with Gasteiger partial charge in [-0.05, 0) is 12.1 Å². The molecule has 104 valence electrons. The first-order valence-electron chi connectivity index (χ1n) is 6.27. The van der Waals surface area contributed by atoms with Gasteiger partial charge in [0, 0.05) is 11.5 Å². The lowest BCUT2D eigenvalue weighted by Crippen LogP contribution is -2.37. The average Bonchev–Trinajstić information content (AvgIpc) is 2.80. The Kier molecular flexibility index (Phi) is 3.83. The third kappa shape index (κ3) is 3.53. The molecule has 0 bridgehead atoms. The molecule has 0 fully saturated rings. The Morgan fingerprint density at radius 1 is 1.32 bits per heavy atom. The normalized spacial score (nSPS) is 13.2. The summed E-state index contributed by atoms with van der Waals surface area (Å²) in [6.45, 7) is 6.77. The number of carbonyl (C=O) groups excluding carboxylic acids is 1. The van der Waals surface area contributed by atoms with Gasteiger partial charge in [0.2, 0.25) is 12.7 Å². The van der Waals surface area contributed by atoms with Gasteiger partial charge in [-0.1, -0.05) is 20.8 Å². The van der Waals surface area contributed by atoms with Crippen molar-refractivity contribution in [2.24, 2.45) is 5.41 Å². The zero-order valence-corrected chi connectivity index (χ0v) is 11.5. The van der Waals surface area contributed by atoms with Gasteiger partial charge in [0.1, 0.15) is 12.4 Å². The monoisotopic (exact) mass is 265 g/mol. The zero-order chi connectivity index (χ0) is 13.9. The maximum atomic E-state index is 11.6. The second-order valence-corrected chi connectivity index (χ2v) is 5.37. The first-order chi connectivity index (χ1) is 8.97. The summed E-state index contributed by atoms with van der Waals surface area (Å²) in [5, 5.41) is 2.83. The lowest BCUT2D eigenvalue weighted by molar-refractivity contribution is -0.128. The molecule has 1 N–H and O–H groups in total. The molecule has 1 aromatic carbocycles. The molecule has 1 amide bonds. The van der Waals surface area contributed by atoms with Gasteiger partial charge >= 0.3 is 0 Å². The van der Waals surface area contributed by atoms with Crippen LogP contribution in [0.25, 0.3) is 0 Å². The molecule has 0 saturated carbocycles. The molecular weight excluding hydrogens is 246 g/mol. The number of hydrogen-bond donors (Lipinski definition) is 1. The molecule has 19 heavy (non-hydrogen) atoms. The van der Waals surface area contributed by atoms with E-state index in [0.717, 1.165) is 5.75 Å². The molecule has 0 atom stereocenters. The van der Waals surface area contributed by atoms with E-state index in [1.807, 2.05) is 32.9 Å². The van der Waals surface area contributed by atoms with Crippen molar-refractivity contribution in [3.8, 4) is 17.2 Å². The maximum Gasteiger partial charge on any atom is 0.231 e. The van der Waals surface area contributed by atoms with Crippen LogP contribution in [0.3, 0.4) is 0 Å². The number of rotatable bonds is 4. The molecule has 1 heterocycles. The fraction of sp³-hybridized carbons (Fsp3) is 0.500. The van der Waals surface area contributed by atoms with Crippen LogP contribution in [0, 0.1) is 5.41 Å². The van der Waals surface area contributed by atoms with Gasteiger partial charge in [-0.25, -0.2) is 0 Å². The van der Waals surface area contributed by atoms with Gasteiger partial charge in [-0.3, -0.25) is 4.79 Å². The lowest BCUT2D eigenvalue weighted by Gasteiger charge is -2.17. The molecule has 5 nitrogen and oxygen atoms in total. The molecule has 1 aromatic rings. The van der Waals surface area contributed by atoms with Gasteiger partial charge < -0.3 is 19.5 Å². The minimum atomic E-state index is -0.376. The third-order valence-corrected chi connectivity index (χ3v) is 2.68. The average molecular weight is 265 g/mol. The summed E-state index contributed by atoms with van der Waals surface area (Å²) in [7, 11) is 0. The number of fused-ring (bicyclic) bond motifs is 1. The Morgan fingerprint density at radius 3 is 2.79 bits per heavy atom. The predicted octanol–water partition coefficient (Wildman–Crippen LogP) is 1.96. The smallest absolute Gasteiger partial charge is 0.231 e. The Hall–Kier alpha value is -1.91. The Morgan fingerprint density at radius 2 is 2.05 bits per heavy atom. The highest BCUT2D eigenvalue weighted by molar-refractivity contribution is 5.81. The van der Waals surface area contributed by atoms with Gasteiger partial charge in [0.05, 0.1) is 6.54 Å². The van der Waals surface area contributed by atoms with Crippen molar-refractivity contribution in [3.05, 3.63) is 18.2 Å². The highest BCUT2D eigenvalue weighted by Crippen LogP contribution is 2.34. The summed E-state index contributed by atoms with van der Waals surface area (Å²) in [5.74, 6) is 2.14. The van der Waals surface area contributed by atoms with E-state index in [2.05, 4.69) is 5.32 Å². The van der Waals surface area contributed by atoms with Crippen LogP contribution in [0.15, 0.2) is 18.2 Å². The van der Waals surface area contributed by atoms with E-state index in [4.69, 9.17) is 14.2 Å². The number of amides is 1. The molecule has 1 aliphatic rings. The lowest BCUT2D eigenvalue weighted by atomic mass is 9.96. The van der Waals surface area contributed by atoms with Gasteiger partial charge in [0.15, 0.2) is 11.5 Å². The SMILES string of the molecule is CC(C)(C)C(=O)NCCOc1ccc2c(c1)OCO2. The standard InChI is InChI=1S/C14H19NO4/c1-14(2,3)13(16)15-6-7-17-10-4-5-11-12(8-10)19-9-18-11/h4-5,8H,6-7,9H2,1-3H3,(H,15,16). The van der Waals surface area contributed by atoms with Gasteiger partial charge in [-0.15, -0.1) is 0 Å². The summed E-state index contributed by atoms with van der Waals surface area (Å²) in [4.78, 5) is 11.6. The van der Waals surface area contributed by atoms with Crippen LogP contribution < -0.4 is 19.5 Å². The Bertz CT molecular complexity index is 465. The van der Waals surface area contributed by atoms with E-state index in [0.29, 0.717) is 24.7 Å². The van der Waals surface area contributed by atoms with Gasteiger partial charge in [0.25, 0.3) is 0 Å². The van der Waals surface area contributed by atoms with Crippen molar-refractivity contribution in [2.75, 3.05) is 19.9 Å². The third-order valence-electron chi connectivity index (χ3n) is 2.68. The number of carbonyl (C=O) groups is 1. The van der Waals surface area contributed by atoms with Crippen molar-refractivity contribution in [2.45, 2.75) is 20.8 Å². The topological polar surface area (TPSA) is 56.8 Å². The highest BCUT2D eigenvalue weighted by Gasteiger charge is 2.20. The van der Waals surface area contributed by atoms with Crippen molar-refractivity contribution >= 4 is 5.91 Å². The predicted molar refractivity (Wildman–Crippen MR) is 70.5 cm³/mol. The second kappa shape index (κ2) is 5.38. The summed E-state index contributed by atoms with van der Waals surface area (Å²) in [6, 6.07) is 5.42. The largest absolute Gasteiger partial charge is 0.492 e. The summed E-state index contributed by atoms with van der Waals surface area (Å²) in [5.41, 5.74) is -0.376. The van der Waals surface area contributed by atoms with Crippen LogP contribution in [-0.4, -0.2) is 25.9 Å². The minimum Gasteiger partial charge on any atom is -0.492 e. The van der Waals surface area contributed by atoms with Crippen LogP contribution >= 0.6 is 0 Å². The molecule has 0 saturated heterocycles. The van der Waals surface area contributed by atoms with Crippen LogP contribution in [-0.2, 0) is 4.79 Å². The Labute approximate surface area is 112 Å². The van der Waals surface area contributed by atoms with Crippen LogP contribution in [0.4, 0.5) is 0 Å². The van der Waals surface area contributed by atoms with Crippen LogP contribution in [0.2, 0.25) is 0 Å². The molecule has 1 aliphatic heterocycles. The van der Waals surface area contributed by atoms with E-state index in [9.17, 15) is 4.79 Å². The molecule has 0 aromatic heterocycles. The zero-order valence-electron chi connectivity index (χ0n) is 11.5. The number of hydrogen-bond acceptors (Lipinski definition) is 4. The van der Waals surface area contributed by atoms with Crippen LogP contribution in [0.1, 0.15) is 20.8 Å². The number of ether oxygens (including phenoxy) is 3. The van der Waals surface area contributed by atoms with Crippen LogP contribution in [0.5, 0.6) is 17.2 Å². The fourth-order valence-electron chi connectivity index (χ4n) is 1.57. The van der Waals surface area contributed by atoms with E-state index >= 15 is 0 Å². The van der Waals surface area contributed by atoms with Crippen molar-refractivity contribution in [3.63, 3.8) is 0 Å². The number of benzene rings is 1. The number of nitrogens with one attached hydrogen (secondary N) is 1. The quantitative estimate of drug-likeness (QED) is 0.845. The maximum absolute atomic E-state index is 11.6. The van der Waals surface area contributed by atoms with Crippen molar-refractivity contribution in [1.29, 1.82) is 0 Å². The highest BCUT2D eigenvalue weighted by atomic mass is 16.7. The summed E-state index contributed by atoms with van der Waals surface area (Å²) >= 11 is 0. The molecule has 0 unspecified atom stereocenters. The molecule has 2 rings (SSSR count). The molecule has 0 spiro atoms. The first-order valence-corrected chi connectivity index (χ1v) is 6.27. The second-order valence-electron chi connectivity index (χ2n) is 5.37. The fourth-order valence-corrected chi connectivity index (χ4v) is 1.57. The first kappa shape index (κ1) is 13.5. The molecule has 0 aliphatic carbocycles. The molecule has 0 radical (unpaired) electrons. The van der Waals surface area contributed by atoms with E-state index in [1.54, 1.807) is 6.07 Å². The van der Waals surface area contributed by atoms with Gasteiger partial charge in [-0.2, -0.15) is 0 Å². The summed E-state index contributed by atoms with van der Waals surface area (Å²) < 4.78 is 16.0. The van der Waals surface area contributed by atoms with E-state index < -0.39 is 0 Å². The molecular formula is C14H19NO4. The Balaban J connectivity index is 1.76. The molecule has 5 heteroatoms. The van der Waals surface area contributed by atoms with E-state index in [-0.39, 0.29) is 18.1 Å². The van der Waals surface area contributed by atoms with Crippen molar-refractivity contribution in [1.82, 2.24) is 5.32 Å².